The SMILES string of the molecule is Cc1cccc(C)c1C(O)c1c(Br)cnn1CCN(C)C. The van der Waals surface area contributed by atoms with Crippen molar-refractivity contribution >= 4 is 15.9 Å². The average molecular weight is 352 g/mol. The molecule has 0 fully saturated rings. The molecule has 4 nitrogen and oxygen atoms in total. The van der Waals surface area contributed by atoms with Crippen LogP contribution in [0.25, 0.3) is 0 Å². The monoisotopic (exact) mass is 351 g/mol. The summed E-state index contributed by atoms with van der Waals surface area (Å²) in [5.74, 6) is 0. The van der Waals surface area contributed by atoms with E-state index in [4.69, 9.17) is 0 Å². The fourth-order valence-corrected chi connectivity index (χ4v) is 3.03. The van der Waals surface area contributed by atoms with Gasteiger partial charge in [0.15, 0.2) is 0 Å². The Balaban J connectivity index is 2.39. The maximum Gasteiger partial charge on any atom is 0.122 e. The van der Waals surface area contributed by atoms with Gasteiger partial charge in [-0.2, -0.15) is 5.10 Å². The summed E-state index contributed by atoms with van der Waals surface area (Å²) >= 11 is 3.51. The Morgan fingerprint density at radius 3 is 2.48 bits per heavy atom. The molecule has 114 valence electrons. The van der Waals surface area contributed by atoms with E-state index in [2.05, 4.69) is 25.9 Å². The summed E-state index contributed by atoms with van der Waals surface area (Å²) in [6, 6.07) is 6.07. The normalized spacial score (nSPS) is 12.9. The summed E-state index contributed by atoms with van der Waals surface area (Å²) in [5.41, 5.74) is 3.96. The van der Waals surface area contributed by atoms with Crippen LogP contribution in [0.3, 0.4) is 0 Å². The highest BCUT2D eigenvalue weighted by atomic mass is 79.9. The minimum Gasteiger partial charge on any atom is -0.382 e. The van der Waals surface area contributed by atoms with E-state index in [1.165, 1.54) is 0 Å². The van der Waals surface area contributed by atoms with E-state index in [1.807, 2.05) is 50.8 Å². The lowest BCUT2D eigenvalue weighted by Crippen LogP contribution is -2.21. The largest absolute Gasteiger partial charge is 0.382 e. The number of aliphatic hydroxyl groups excluding tert-OH is 1. The summed E-state index contributed by atoms with van der Waals surface area (Å²) in [7, 11) is 4.06. The van der Waals surface area contributed by atoms with Gasteiger partial charge >= 0.3 is 0 Å². The molecule has 1 N–H and O–H groups in total. The first-order chi connectivity index (χ1) is 9.91. The van der Waals surface area contributed by atoms with Crippen molar-refractivity contribution in [2.75, 3.05) is 20.6 Å². The predicted molar refractivity (Wildman–Crippen MR) is 88.5 cm³/mol. The lowest BCUT2D eigenvalue weighted by molar-refractivity contribution is 0.203. The van der Waals surface area contributed by atoms with Crippen molar-refractivity contribution in [3.8, 4) is 0 Å². The molecule has 0 saturated heterocycles. The van der Waals surface area contributed by atoms with E-state index < -0.39 is 6.10 Å². The number of halogens is 1. The molecule has 21 heavy (non-hydrogen) atoms. The molecule has 1 unspecified atom stereocenters. The highest BCUT2D eigenvalue weighted by Crippen LogP contribution is 2.32. The summed E-state index contributed by atoms with van der Waals surface area (Å²) < 4.78 is 2.72. The minimum atomic E-state index is -0.676. The van der Waals surface area contributed by atoms with Gasteiger partial charge in [0.1, 0.15) is 6.10 Å². The Morgan fingerprint density at radius 1 is 1.29 bits per heavy atom. The van der Waals surface area contributed by atoms with Gasteiger partial charge in [-0.05, 0) is 60.6 Å². The molecule has 0 radical (unpaired) electrons. The molecular formula is C16H22BrN3O. The van der Waals surface area contributed by atoms with Gasteiger partial charge in [-0.3, -0.25) is 4.68 Å². The Kier molecular flexibility index (Phi) is 5.19. The molecule has 5 heteroatoms. The van der Waals surface area contributed by atoms with Gasteiger partial charge in [-0.25, -0.2) is 0 Å². The van der Waals surface area contributed by atoms with Crippen LogP contribution in [0.2, 0.25) is 0 Å². The second-order valence-corrected chi connectivity index (χ2v) is 6.47. The maximum atomic E-state index is 10.9. The molecule has 1 aromatic heterocycles. The molecule has 2 aromatic rings. The molecule has 0 bridgehead atoms. The van der Waals surface area contributed by atoms with Crippen LogP contribution in [0.1, 0.15) is 28.5 Å². The predicted octanol–water partition coefficient (Wildman–Crippen LogP) is 2.91. The third-order valence-corrected chi connectivity index (χ3v) is 4.28. The smallest absolute Gasteiger partial charge is 0.122 e. The Labute approximate surface area is 134 Å². The number of nitrogens with zero attached hydrogens (tertiary/aromatic N) is 3. The molecule has 1 atom stereocenters. The van der Waals surface area contributed by atoms with Crippen molar-refractivity contribution in [3.05, 3.63) is 51.3 Å². The quantitative estimate of drug-likeness (QED) is 0.900. The van der Waals surface area contributed by atoms with Crippen LogP contribution >= 0.6 is 15.9 Å². The van der Waals surface area contributed by atoms with Gasteiger partial charge in [0, 0.05) is 6.54 Å². The van der Waals surface area contributed by atoms with Crippen molar-refractivity contribution in [3.63, 3.8) is 0 Å². The molecule has 0 saturated carbocycles. The molecule has 0 aliphatic carbocycles. The van der Waals surface area contributed by atoms with Gasteiger partial charge in [-0.1, -0.05) is 18.2 Å². The van der Waals surface area contributed by atoms with E-state index in [1.54, 1.807) is 6.20 Å². The van der Waals surface area contributed by atoms with Crippen LogP contribution in [0.4, 0.5) is 0 Å². The number of hydrogen-bond donors (Lipinski definition) is 1. The van der Waals surface area contributed by atoms with Gasteiger partial charge in [-0.15, -0.1) is 0 Å². The third-order valence-electron chi connectivity index (χ3n) is 3.67. The number of likely N-dealkylation sites (N-methyl/N-ethyl adjacent to an activating group) is 1. The van der Waals surface area contributed by atoms with E-state index in [-0.39, 0.29) is 0 Å². The molecule has 1 heterocycles. The molecule has 0 aliphatic heterocycles. The van der Waals surface area contributed by atoms with Crippen molar-refractivity contribution in [1.82, 2.24) is 14.7 Å². The van der Waals surface area contributed by atoms with E-state index in [0.29, 0.717) is 0 Å². The highest BCUT2D eigenvalue weighted by molar-refractivity contribution is 9.10. The number of hydrogen-bond acceptors (Lipinski definition) is 3. The first-order valence-electron chi connectivity index (χ1n) is 7.02. The maximum absolute atomic E-state index is 10.9. The molecule has 2 rings (SSSR count). The topological polar surface area (TPSA) is 41.3 Å². The van der Waals surface area contributed by atoms with E-state index >= 15 is 0 Å². The van der Waals surface area contributed by atoms with Crippen LogP contribution in [0.15, 0.2) is 28.9 Å². The van der Waals surface area contributed by atoms with Crippen molar-refractivity contribution in [2.24, 2.45) is 0 Å². The van der Waals surface area contributed by atoms with E-state index in [9.17, 15) is 5.11 Å². The number of aromatic nitrogens is 2. The van der Waals surface area contributed by atoms with Gasteiger partial charge in [0.25, 0.3) is 0 Å². The van der Waals surface area contributed by atoms with Crippen LogP contribution < -0.4 is 0 Å². The summed E-state index contributed by atoms with van der Waals surface area (Å²) in [4.78, 5) is 2.10. The van der Waals surface area contributed by atoms with Gasteiger partial charge < -0.3 is 10.0 Å². The van der Waals surface area contributed by atoms with Crippen LogP contribution in [0.5, 0.6) is 0 Å². The van der Waals surface area contributed by atoms with E-state index in [0.717, 1.165) is 39.9 Å². The number of rotatable bonds is 5. The van der Waals surface area contributed by atoms with Crippen molar-refractivity contribution in [2.45, 2.75) is 26.5 Å². The van der Waals surface area contributed by atoms with Gasteiger partial charge in [0.2, 0.25) is 0 Å². The fourth-order valence-electron chi connectivity index (χ4n) is 2.51. The number of benzene rings is 1. The lowest BCUT2D eigenvalue weighted by Gasteiger charge is -2.19. The zero-order valence-corrected chi connectivity index (χ0v) is 14.6. The second-order valence-electron chi connectivity index (χ2n) is 5.61. The van der Waals surface area contributed by atoms with Gasteiger partial charge in [0.05, 0.1) is 22.9 Å². The summed E-state index contributed by atoms with van der Waals surface area (Å²) in [5, 5.41) is 15.2. The number of aliphatic hydroxyl groups is 1. The summed E-state index contributed by atoms with van der Waals surface area (Å²) in [6.07, 6.45) is 1.08. The molecule has 0 spiro atoms. The molecule has 0 aliphatic rings. The minimum absolute atomic E-state index is 0.676. The molecule has 0 amide bonds. The zero-order valence-electron chi connectivity index (χ0n) is 13.0. The third kappa shape index (κ3) is 3.54. The fraction of sp³-hybridized carbons (Fsp3) is 0.438. The lowest BCUT2D eigenvalue weighted by atomic mass is 9.96. The van der Waals surface area contributed by atoms with Crippen LogP contribution in [-0.4, -0.2) is 40.4 Å². The highest BCUT2D eigenvalue weighted by Gasteiger charge is 2.22. The number of aryl methyl sites for hydroxylation is 2. The van der Waals surface area contributed by atoms with Crippen LogP contribution in [-0.2, 0) is 6.54 Å². The summed E-state index contributed by atoms with van der Waals surface area (Å²) in [6.45, 7) is 5.68. The Bertz CT molecular complexity index is 602. The van der Waals surface area contributed by atoms with Crippen molar-refractivity contribution < 1.29 is 5.11 Å². The first kappa shape index (κ1) is 16.2. The Hall–Kier alpha value is -1.17. The molecular weight excluding hydrogens is 330 g/mol. The average Bonchev–Trinajstić information content (AvgIpc) is 2.77. The first-order valence-corrected chi connectivity index (χ1v) is 7.81. The van der Waals surface area contributed by atoms with Crippen molar-refractivity contribution in [1.29, 1.82) is 0 Å². The second kappa shape index (κ2) is 6.73. The Morgan fingerprint density at radius 2 is 1.90 bits per heavy atom. The van der Waals surface area contributed by atoms with Crippen LogP contribution in [0, 0.1) is 13.8 Å². The zero-order chi connectivity index (χ0) is 15.6. The molecule has 1 aromatic carbocycles. The standard InChI is InChI=1S/C16H22BrN3O/c1-11-6-5-7-12(2)14(11)16(21)15-13(17)10-18-20(15)9-8-19(3)4/h5-7,10,16,21H,8-9H2,1-4H3.